The predicted octanol–water partition coefficient (Wildman–Crippen LogP) is 8.55. The molecule has 0 unspecified atom stereocenters. The second-order valence-corrected chi connectivity index (χ2v) is 11.2. The van der Waals surface area contributed by atoms with Gasteiger partial charge in [-0.15, -0.1) is 0 Å². The summed E-state index contributed by atoms with van der Waals surface area (Å²) < 4.78 is 6.44. The van der Waals surface area contributed by atoms with Crippen molar-refractivity contribution in [3.63, 3.8) is 0 Å². The molecule has 0 radical (unpaired) electrons. The molecule has 224 valence electrons. The van der Waals surface area contributed by atoms with E-state index in [0.29, 0.717) is 29.6 Å². The molecule has 0 aliphatic carbocycles. The molecule has 1 aromatic heterocycles. The van der Waals surface area contributed by atoms with Gasteiger partial charge in [0.15, 0.2) is 0 Å². The van der Waals surface area contributed by atoms with E-state index >= 15 is 0 Å². The van der Waals surface area contributed by atoms with Gasteiger partial charge in [0.05, 0.1) is 5.52 Å². The third kappa shape index (κ3) is 6.78. The van der Waals surface area contributed by atoms with E-state index in [9.17, 15) is 4.79 Å². The van der Waals surface area contributed by atoms with Gasteiger partial charge in [0.2, 0.25) is 5.95 Å². The van der Waals surface area contributed by atoms with Crippen LogP contribution < -0.4 is 20.3 Å². The summed E-state index contributed by atoms with van der Waals surface area (Å²) in [6, 6.07) is 35.6. The molecule has 5 aromatic carbocycles. The third-order valence-corrected chi connectivity index (χ3v) is 7.69. The summed E-state index contributed by atoms with van der Waals surface area (Å²) in [7, 11) is 3.91. The van der Waals surface area contributed by atoms with Crippen LogP contribution in [0.2, 0.25) is 0 Å². The van der Waals surface area contributed by atoms with E-state index in [4.69, 9.17) is 9.72 Å². The number of carbonyl (C=O) groups excluding carboxylic acids is 1. The average Bonchev–Trinajstić information content (AvgIpc) is 3.05. The first-order valence-corrected chi connectivity index (χ1v) is 14.8. The molecule has 1 heterocycles. The Bertz CT molecular complexity index is 1970. The zero-order valence-corrected chi connectivity index (χ0v) is 25.8. The number of anilines is 4. The van der Waals surface area contributed by atoms with Crippen molar-refractivity contribution in [1.29, 1.82) is 0 Å². The normalized spacial score (nSPS) is 10.8. The monoisotopic (exact) mass is 593 g/mol. The van der Waals surface area contributed by atoms with Crippen LogP contribution in [0.5, 0.6) is 5.75 Å². The maximum absolute atomic E-state index is 13.2. The molecule has 0 aliphatic rings. The quantitative estimate of drug-likeness (QED) is 0.175. The summed E-state index contributed by atoms with van der Waals surface area (Å²) >= 11 is 0. The summed E-state index contributed by atoms with van der Waals surface area (Å²) in [5.41, 5.74) is 9.08. The van der Waals surface area contributed by atoms with Gasteiger partial charge in [0.25, 0.3) is 5.91 Å². The third-order valence-electron chi connectivity index (χ3n) is 7.69. The van der Waals surface area contributed by atoms with Gasteiger partial charge in [-0.05, 0) is 72.5 Å². The highest BCUT2D eigenvalue weighted by Crippen LogP contribution is 2.36. The van der Waals surface area contributed by atoms with Crippen LogP contribution in [0, 0.1) is 13.8 Å². The first-order chi connectivity index (χ1) is 21.8. The number of amides is 1. The minimum absolute atomic E-state index is 0.174. The molecule has 7 nitrogen and oxygen atoms in total. The zero-order chi connectivity index (χ0) is 31.3. The molecule has 0 aliphatic heterocycles. The van der Waals surface area contributed by atoms with Crippen LogP contribution in [0.25, 0.3) is 22.0 Å². The molecule has 0 fully saturated rings. The Hall–Kier alpha value is -5.69. The maximum atomic E-state index is 13.2. The summed E-state index contributed by atoms with van der Waals surface area (Å²) in [5.74, 6) is 1.03. The van der Waals surface area contributed by atoms with Gasteiger partial charge in [-0.1, -0.05) is 66.7 Å². The highest BCUT2D eigenvalue weighted by molar-refractivity contribution is 6.05. The second kappa shape index (κ2) is 12.9. The molecular weight excluding hydrogens is 558 g/mol. The van der Waals surface area contributed by atoms with Crippen LogP contribution in [0.15, 0.2) is 115 Å². The lowest BCUT2D eigenvalue weighted by Crippen LogP contribution is -2.14. The number of carbonyl (C=O) groups is 1. The summed E-state index contributed by atoms with van der Waals surface area (Å²) in [6.07, 6.45) is 1.83. The van der Waals surface area contributed by atoms with Crippen molar-refractivity contribution in [3.05, 3.63) is 138 Å². The van der Waals surface area contributed by atoms with E-state index in [0.717, 1.165) is 50.1 Å². The number of aryl methyl sites for hydroxylation is 2. The number of aromatic nitrogens is 2. The van der Waals surface area contributed by atoms with E-state index in [1.54, 1.807) is 0 Å². The van der Waals surface area contributed by atoms with Crippen LogP contribution in [0.1, 0.15) is 27.0 Å². The van der Waals surface area contributed by atoms with Crippen LogP contribution in [0.4, 0.5) is 23.0 Å². The number of nitrogens with zero attached hydrogens (tertiary/aromatic N) is 3. The van der Waals surface area contributed by atoms with Gasteiger partial charge < -0.3 is 20.3 Å². The molecule has 0 atom stereocenters. The lowest BCUT2D eigenvalue weighted by molar-refractivity contribution is 0.102. The molecule has 0 saturated heterocycles. The number of hydrogen-bond donors (Lipinski definition) is 2. The number of rotatable bonds is 9. The summed E-state index contributed by atoms with van der Waals surface area (Å²) in [5, 5.41) is 7.33. The largest absolute Gasteiger partial charge is 0.488 e. The molecule has 0 saturated carbocycles. The average molecular weight is 594 g/mol. The topological polar surface area (TPSA) is 79.4 Å². The molecule has 7 heteroatoms. The molecule has 6 aromatic rings. The van der Waals surface area contributed by atoms with Gasteiger partial charge >= 0.3 is 0 Å². The molecule has 45 heavy (non-hydrogen) atoms. The number of fused-ring (bicyclic) bond motifs is 1. The fraction of sp³-hybridized carbons (Fsp3) is 0.132. The Kier molecular flexibility index (Phi) is 8.42. The first-order valence-electron chi connectivity index (χ1n) is 14.8. The van der Waals surface area contributed by atoms with Crippen LogP contribution in [-0.2, 0) is 6.61 Å². The zero-order valence-electron chi connectivity index (χ0n) is 25.8. The van der Waals surface area contributed by atoms with E-state index in [1.807, 2.05) is 122 Å². The standard InChI is InChI=1S/C38H35N5O2/c1-25-11-8-12-26(2)36(25)42-38-39-23-30-21-33(35(22-34(30)41-38)45-24-27-13-6-5-7-14-27)28-15-9-17-31(19-28)40-37(44)29-16-10-18-32(20-29)43(3)4/h5-23H,24H2,1-4H3,(H,40,44)(H,39,41,42). The van der Waals surface area contributed by atoms with Gasteiger partial charge in [-0.2, -0.15) is 0 Å². The van der Waals surface area contributed by atoms with Crippen molar-refractivity contribution in [2.24, 2.45) is 0 Å². The smallest absolute Gasteiger partial charge is 0.255 e. The van der Waals surface area contributed by atoms with Crippen LogP contribution in [-0.4, -0.2) is 30.0 Å². The maximum Gasteiger partial charge on any atom is 0.255 e. The lowest BCUT2D eigenvalue weighted by Gasteiger charge is -2.16. The SMILES string of the molecule is Cc1cccc(C)c1Nc1ncc2cc(-c3cccc(NC(=O)c4cccc(N(C)C)c4)c3)c(OCc3ccccc3)cc2n1. The molecule has 0 spiro atoms. The van der Waals surface area contributed by atoms with Crippen molar-refractivity contribution in [2.45, 2.75) is 20.5 Å². The number of benzene rings is 5. The van der Waals surface area contributed by atoms with Crippen LogP contribution >= 0.6 is 0 Å². The number of para-hydroxylation sites is 1. The predicted molar refractivity (Wildman–Crippen MR) is 184 cm³/mol. The minimum Gasteiger partial charge on any atom is -0.488 e. The van der Waals surface area contributed by atoms with E-state index in [1.165, 1.54) is 0 Å². The fourth-order valence-corrected chi connectivity index (χ4v) is 5.22. The van der Waals surface area contributed by atoms with E-state index in [-0.39, 0.29) is 5.91 Å². The van der Waals surface area contributed by atoms with E-state index in [2.05, 4.69) is 41.6 Å². The molecule has 0 bridgehead atoms. The Morgan fingerprint density at radius 2 is 1.58 bits per heavy atom. The van der Waals surface area contributed by atoms with Crippen molar-refractivity contribution in [1.82, 2.24) is 9.97 Å². The van der Waals surface area contributed by atoms with Gasteiger partial charge in [-0.3, -0.25) is 4.79 Å². The Morgan fingerprint density at radius 1 is 0.822 bits per heavy atom. The van der Waals surface area contributed by atoms with Crippen molar-refractivity contribution in [3.8, 4) is 16.9 Å². The molecule has 1 amide bonds. The van der Waals surface area contributed by atoms with Crippen molar-refractivity contribution >= 4 is 39.8 Å². The lowest BCUT2D eigenvalue weighted by atomic mass is 10.0. The highest BCUT2D eigenvalue weighted by Gasteiger charge is 2.14. The van der Waals surface area contributed by atoms with Crippen molar-refractivity contribution < 1.29 is 9.53 Å². The number of nitrogens with one attached hydrogen (secondary N) is 2. The first kappa shape index (κ1) is 29.4. The van der Waals surface area contributed by atoms with Gasteiger partial charge in [0.1, 0.15) is 12.4 Å². The highest BCUT2D eigenvalue weighted by atomic mass is 16.5. The number of ether oxygens (including phenoxy) is 1. The summed E-state index contributed by atoms with van der Waals surface area (Å²) in [4.78, 5) is 24.6. The molecule has 6 rings (SSSR count). The van der Waals surface area contributed by atoms with Gasteiger partial charge in [-0.25, -0.2) is 9.97 Å². The minimum atomic E-state index is -0.174. The Labute approximate surface area is 263 Å². The van der Waals surface area contributed by atoms with Crippen molar-refractivity contribution in [2.75, 3.05) is 29.6 Å². The van der Waals surface area contributed by atoms with Gasteiger partial charge in [0, 0.05) is 59.9 Å². The summed E-state index contributed by atoms with van der Waals surface area (Å²) in [6.45, 7) is 4.53. The molecule has 2 N–H and O–H groups in total. The van der Waals surface area contributed by atoms with E-state index < -0.39 is 0 Å². The van der Waals surface area contributed by atoms with Crippen LogP contribution in [0.3, 0.4) is 0 Å². The Morgan fingerprint density at radius 3 is 2.36 bits per heavy atom. The molecular formula is C38H35N5O2. The fourth-order valence-electron chi connectivity index (χ4n) is 5.22. The number of hydrogen-bond acceptors (Lipinski definition) is 6. The second-order valence-electron chi connectivity index (χ2n) is 11.2. The Balaban J connectivity index is 1.34.